The first-order valence-electron chi connectivity index (χ1n) is 5.17. The molecule has 0 aromatic heterocycles. The Hall–Kier alpha value is -0.430. The van der Waals surface area contributed by atoms with E-state index in [4.69, 9.17) is 34.8 Å². The SMILES string of the molecule is ClC1=CC2C=C(Cl)CC3=C2C(=C1)C=C(Cl)C3. The van der Waals surface area contributed by atoms with Crippen LogP contribution in [0.5, 0.6) is 0 Å². The normalized spacial score (nSPS) is 27.8. The molecule has 3 rings (SSSR count). The molecule has 3 heteroatoms. The van der Waals surface area contributed by atoms with Crippen LogP contribution in [0.25, 0.3) is 0 Å². The molecule has 0 nitrogen and oxygen atoms in total. The van der Waals surface area contributed by atoms with Gasteiger partial charge in [0.05, 0.1) is 0 Å². The fourth-order valence-electron chi connectivity index (χ4n) is 2.55. The molecule has 0 saturated heterocycles. The van der Waals surface area contributed by atoms with Crippen LogP contribution in [0.3, 0.4) is 0 Å². The highest BCUT2D eigenvalue weighted by molar-refractivity contribution is 6.32. The van der Waals surface area contributed by atoms with Gasteiger partial charge in [0.25, 0.3) is 0 Å². The van der Waals surface area contributed by atoms with E-state index in [1.54, 1.807) is 0 Å². The first-order chi connectivity index (χ1) is 7.63. The summed E-state index contributed by atoms with van der Waals surface area (Å²) in [5.41, 5.74) is 3.82. The van der Waals surface area contributed by atoms with Crippen molar-refractivity contribution in [3.8, 4) is 0 Å². The van der Waals surface area contributed by atoms with Gasteiger partial charge in [0.15, 0.2) is 0 Å². The van der Waals surface area contributed by atoms with E-state index in [-0.39, 0.29) is 5.92 Å². The lowest BCUT2D eigenvalue weighted by Crippen LogP contribution is -2.15. The molecule has 82 valence electrons. The van der Waals surface area contributed by atoms with Crippen LogP contribution in [0.15, 0.2) is 56.1 Å². The number of allylic oxidation sites excluding steroid dienone is 10. The molecule has 0 heterocycles. The zero-order chi connectivity index (χ0) is 11.3. The molecule has 0 amide bonds. The predicted molar refractivity (Wildman–Crippen MR) is 69.6 cm³/mol. The van der Waals surface area contributed by atoms with E-state index < -0.39 is 0 Å². The molecule has 0 saturated carbocycles. The zero-order valence-corrected chi connectivity index (χ0v) is 10.7. The van der Waals surface area contributed by atoms with Crippen molar-refractivity contribution < 1.29 is 0 Å². The van der Waals surface area contributed by atoms with Crippen LogP contribution in [0, 0.1) is 5.92 Å². The van der Waals surface area contributed by atoms with Gasteiger partial charge in [0.2, 0.25) is 0 Å². The summed E-state index contributed by atoms with van der Waals surface area (Å²) < 4.78 is 0. The van der Waals surface area contributed by atoms with E-state index in [9.17, 15) is 0 Å². The molecular weight excluding hydrogens is 263 g/mol. The highest BCUT2D eigenvalue weighted by atomic mass is 35.5. The third-order valence-corrected chi connectivity index (χ3v) is 3.83. The molecule has 0 N–H and O–H groups in total. The van der Waals surface area contributed by atoms with E-state index in [1.807, 2.05) is 18.2 Å². The molecule has 0 spiro atoms. The van der Waals surface area contributed by atoms with Crippen LogP contribution in [-0.4, -0.2) is 0 Å². The van der Waals surface area contributed by atoms with Gasteiger partial charge in [-0.15, -0.1) is 0 Å². The Kier molecular flexibility index (Phi) is 2.54. The van der Waals surface area contributed by atoms with Crippen molar-refractivity contribution in [3.05, 3.63) is 56.1 Å². The molecule has 0 aromatic rings. The van der Waals surface area contributed by atoms with E-state index in [1.165, 1.54) is 11.1 Å². The van der Waals surface area contributed by atoms with E-state index >= 15 is 0 Å². The minimum atomic E-state index is 0.227. The summed E-state index contributed by atoms with van der Waals surface area (Å²) >= 11 is 18.4. The van der Waals surface area contributed by atoms with Gasteiger partial charge in [-0.3, -0.25) is 0 Å². The van der Waals surface area contributed by atoms with Crippen molar-refractivity contribution in [2.75, 3.05) is 0 Å². The second kappa shape index (κ2) is 3.80. The van der Waals surface area contributed by atoms with Crippen LogP contribution in [0.2, 0.25) is 0 Å². The summed E-state index contributed by atoms with van der Waals surface area (Å²) in [7, 11) is 0. The summed E-state index contributed by atoms with van der Waals surface area (Å²) in [4.78, 5) is 0. The molecule has 0 aromatic carbocycles. The molecule has 3 aliphatic rings. The van der Waals surface area contributed by atoms with Crippen molar-refractivity contribution in [2.24, 2.45) is 5.92 Å². The lowest BCUT2D eigenvalue weighted by Gasteiger charge is -2.31. The van der Waals surface area contributed by atoms with Gasteiger partial charge in [-0.05, 0) is 23.3 Å². The largest absolute Gasteiger partial charge is 0.0891 e. The third-order valence-electron chi connectivity index (χ3n) is 3.09. The first-order valence-corrected chi connectivity index (χ1v) is 6.30. The quantitative estimate of drug-likeness (QED) is 0.580. The van der Waals surface area contributed by atoms with Crippen LogP contribution < -0.4 is 0 Å². The Balaban J connectivity index is 2.16. The minimum Gasteiger partial charge on any atom is -0.0891 e. The van der Waals surface area contributed by atoms with Crippen molar-refractivity contribution in [3.63, 3.8) is 0 Å². The lowest BCUT2D eigenvalue weighted by atomic mass is 9.77. The molecule has 0 bridgehead atoms. The minimum absolute atomic E-state index is 0.227. The smallest absolute Gasteiger partial charge is 0.0381 e. The van der Waals surface area contributed by atoms with Gasteiger partial charge in [-0.2, -0.15) is 0 Å². The van der Waals surface area contributed by atoms with Gasteiger partial charge in [0.1, 0.15) is 0 Å². The zero-order valence-electron chi connectivity index (χ0n) is 8.43. The van der Waals surface area contributed by atoms with Crippen molar-refractivity contribution >= 4 is 34.8 Å². The van der Waals surface area contributed by atoms with Crippen molar-refractivity contribution in [1.29, 1.82) is 0 Å². The van der Waals surface area contributed by atoms with Crippen molar-refractivity contribution in [2.45, 2.75) is 12.8 Å². The van der Waals surface area contributed by atoms with Crippen LogP contribution in [0.1, 0.15) is 12.8 Å². The van der Waals surface area contributed by atoms with E-state index in [0.29, 0.717) is 0 Å². The van der Waals surface area contributed by atoms with Gasteiger partial charge in [0, 0.05) is 33.9 Å². The van der Waals surface area contributed by atoms with E-state index in [2.05, 4.69) is 6.08 Å². The maximum absolute atomic E-state index is 6.15. The van der Waals surface area contributed by atoms with Crippen LogP contribution in [-0.2, 0) is 0 Å². The average Bonchev–Trinajstić information content (AvgIpc) is 2.14. The highest BCUT2D eigenvalue weighted by Crippen LogP contribution is 2.45. The number of rotatable bonds is 0. The molecule has 1 unspecified atom stereocenters. The summed E-state index contributed by atoms with van der Waals surface area (Å²) in [5.74, 6) is 0.227. The Bertz CT molecular complexity index is 511. The summed E-state index contributed by atoms with van der Waals surface area (Å²) in [6.45, 7) is 0. The maximum Gasteiger partial charge on any atom is 0.0381 e. The number of hydrogen-bond acceptors (Lipinski definition) is 0. The van der Waals surface area contributed by atoms with Gasteiger partial charge in [-0.25, -0.2) is 0 Å². The van der Waals surface area contributed by atoms with Gasteiger partial charge >= 0.3 is 0 Å². The molecule has 1 atom stereocenters. The molecule has 16 heavy (non-hydrogen) atoms. The molecule has 0 fully saturated rings. The summed E-state index contributed by atoms with van der Waals surface area (Å²) in [5, 5.41) is 2.51. The van der Waals surface area contributed by atoms with E-state index in [0.717, 1.165) is 33.5 Å². The van der Waals surface area contributed by atoms with Gasteiger partial charge in [-0.1, -0.05) is 52.5 Å². The van der Waals surface area contributed by atoms with Crippen LogP contribution in [0.4, 0.5) is 0 Å². The Morgan fingerprint density at radius 1 is 0.938 bits per heavy atom. The Morgan fingerprint density at radius 3 is 2.50 bits per heavy atom. The fraction of sp³-hybridized carbons (Fsp3) is 0.231. The topological polar surface area (TPSA) is 0 Å². The third kappa shape index (κ3) is 1.69. The second-order valence-electron chi connectivity index (χ2n) is 4.25. The Labute approximate surface area is 110 Å². The molecule has 0 radical (unpaired) electrons. The maximum atomic E-state index is 6.15. The van der Waals surface area contributed by atoms with Crippen LogP contribution >= 0.6 is 34.8 Å². The monoisotopic (exact) mass is 270 g/mol. The molecular formula is C13H9Cl3. The summed E-state index contributed by atoms with van der Waals surface area (Å²) in [6.07, 6.45) is 9.73. The molecule has 3 aliphatic carbocycles. The van der Waals surface area contributed by atoms with Crippen molar-refractivity contribution in [1.82, 2.24) is 0 Å². The second-order valence-corrected chi connectivity index (χ2v) is 5.66. The summed E-state index contributed by atoms with van der Waals surface area (Å²) in [6, 6.07) is 0. The number of halogens is 3. The van der Waals surface area contributed by atoms with Gasteiger partial charge < -0.3 is 0 Å². The standard InChI is InChI=1S/C13H9Cl3/c14-10-1-7-2-11(15)5-9-6-12(16)4-8(3-10)13(7)9/h1-4,7H,5-6H2. The lowest BCUT2D eigenvalue weighted by molar-refractivity contribution is 0.851. The first kappa shape index (κ1) is 10.7. The predicted octanol–water partition coefficient (Wildman–Crippen LogP) is 5.01. The Morgan fingerprint density at radius 2 is 1.69 bits per heavy atom. The molecule has 0 aliphatic heterocycles. The number of hydrogen-bond donors (Lipinski definition) is 0. The fourth-order valence-corrected chi connectivity index (χ4v) is 3.38. The highest BCUT2D eigenvalue weighted by Gasteiger charge is 2.28. The average molecular weight is 272 g/mol.